The van der Waals surface area contributed by atoms with Gasteiger partial charge in [0.1, 0.15) is 0 Å². The van der Waals surface area contributed by atoms with Crippen molar-refractivity contribution in [2.75, 3.05) is 5.73 Å². The van der Waals surface area contributed by atoms with Gasteiger partial charge in [0.05, 0.1) is 5.69 Å². The van der Waals surface area contributed by atoms with Gasteiger partial charge in [-0.15, -0.1) is 0 Å². The summed E-state index contributed by atoms with van der Waals surface area (Å²) in [6.07, 6.45) is 12.3. The van der Waals surface area contributed by atoms with Crippen molar-refractivity contribution >= 4 is 5.69 Å². The molecule has 22 heavy (non-hydrogen) atoms. The monoisotopic (exact) mass is 299 g/mol. The van der Waals surface area contributed by atoms with Gasteiger partial charge in [0.2, 0.25) is 0 Å². The molecule has 0 bridgehead atoms. The number of H-pyrrole nitrogens is 1. The molecule has 2 aromatic rings. The summed E-state index contributed by atoms with van der Waals surface area (Å²) in [7, 11) is 0. The molecule has 1 heterocycles. The summed E-state index contributed by atoms with van der Waals surface area (Å²) in [6, 6.07) is 7.38. The molecule has 1 fully saturated rings. The standard InChI is InChI=1S/C18H25N3O/c19-15-9-11-17(12-10-15)21-13-16(20-18(21)22)8-4-7-14-5-2-1-3-6-14/h9-14H,1-8,19H2,(H,20,22). The maximum absolute atomic E-state index is 12.1. The molecule has 1 aromatic carbocycles. The highest BCUT2D eigenvalue weighted by molar-refractivity contribution is 5.45. The first-order valence-corrected chi connectivity index (χ1v) is 8.39. The molecule has 0 amide bonds. The lowest BCUT2D eigenvalue weighted by atomic mass is 9.86. The van der Waals surface area contributed by atoms with Gasteiger partial charge < -0.3 is 10.7 Å². The van der Waals surface area contributed by atoms with Gasteiger partial charge in [-0.2, -0.15) is 0 Å². The van der Waals surface area contributed by atoms with Crippen molar-refractivity contribution in [3.63, 3.8) is 0 Å². The Hall–Kier alpha value is -1.97. The SMILES string of the molecule is Nc1ccc(-n2cc(CCCC3CCCCC3)[nH]c2=O)cc1. The number of aryl methyl sites for hydroxylation is 1. The van der Waals surface area contributed by atoms with Crippen molar-refractivity contribution in [2.45, 2.75) is 51.4 Å². The predicted octanol–water partition coefficient (Wildman–Crippen LogP) is 3.65. The van der Waals surface area contributed by atoms with E-state index in [0.29, 0.717) is 5.69 Å². The molecule has 118 valence electrons. The fourth-order valence-corrected chi connectivity index (χ4v) is 3.46. The maximum Gasteiger partial charge on any atom is 0.330 e. The van der Waals surface area contributed by atoms with Crippen LogP contribution in [-0.2, 0) is 6.42 Å². The number of anilines is 1. The number of imidazole rings is 1. The zero-order valence-electron chi connectivity index (χ0n) is 13.1. The molecule has 0 atom stereocenters. The third-order valence-corrected chi connectivity index (χ3v) is 4.73. The largest absolute Gasteiger partial charge is 0.399 e. The first-order valence-electron chi connectivity index (χ1n) is 8.39. The molecule has 4 nitrogen and oxygen atoms in total. The molecule has 1 aliphatic carbocycles. The van der Waals surface area contributed by atoms with Crippen LogP contribution in [0.2, 0.25) is 0 Å². The Morgan fingerprint density at radius 3 is 2.59 bits per heavy atom. The van der Waals surface area contributed by atoms with E-state index in [9.17, 15) is 4.79 Å². The smallest absolute Gasteiger partial charge is 0.330 e. The van der Waals surface area contributed by atoms with Crippen LogP contribution in [0.1, 0.15) is 50.6 Å². The first-order chi connectivity index (χ1) is 10.7. The number of aromatic amines is 1. The van der Waals surface area contributed by atoms with Crippen LogP contribution in [0.25, 0.3) is 5.69 Å². The maximum atomic E-state index is 12.1. The number of rotatable bonds is 5. The highest BCUT2D eigenvalue weighted by atomic mass is 16.1. The Kier molecular flexibility index (Phi) is 4.66. The molecule has 3 N–H and O–H groups in total. The minimum atomic E-state index is -0.0718. The molecule has 1 aromatic heterocycles. The van der Waals surface area contributed by atoms with Crippen LogP contribution in [-0.4, -0.2) is 9.55 Å². The summed E-state index contributed by atoms with van der Waals surface area (Å²) in [6.45, 7) is 0. The van der Waals surface area contributed by atoms with Crippen LogP contribution in [0, 0.1) is 5.92 Å². The summed E-state index contributed by atoms with van der Waals surface area (Å²) < 4.78 is 1.66. The minimum absolute atomic E-state index is 0.0718. The van der Waals surface area contributed by atoms with Gasteiger partial charge in [0, 0.05) is 17.6 Å². The van der Waals surface area contributed by atoms with E-state index in [1.54, 1.807) is 4.57 Å². The van der Waals surface area contributed by atoms with Crippen molar-refractivity contribution < 1.29 is 0 Å². The molecule has 0 radical (unpaired) electrons. The number of benzene rings is 1. The number of nitrogen functional groups attached to an aromatic ring is 1. The molecule has 0 saturated heterocycles. The highest BCUT2D eigenvalue weighted by Gasteiger charge is 2.13. The van der Waals surface area contributed by atoms with Crippen LogP contribution in [0.5, 0.6) is 0 Å². The Balaban J connectivity index is 1.60. The molecular formula is C18H25N3O. The molecule has 4 heteroatoms. The van der Waals surface area contributed by atoms with Crippen LogP contribution in [0.4, 0.5) is 5.69 Å². The van der Waals surface area contributed by atoms with Gasteiger partial charge in [-0.05, 0) is 43.0 Å². The molecule has 0 unspecified atom stereocenters. The van der Waals surface area contributed by atoms with E-state index < -0.39 is 0 Å². The van der Waals surface area contributed by atoms with Crippen molar-refractivity contribution in [3.8, 4) is 5.69 Å². The van der Waals surface area contributed by atoms with E-state index in [4.69, 9.17) is 5.73 Å². The number of hydrogen-bond acceptors (Lipinski definition) is 2. The van der Waals surface area contributed by atoms with Crippen LogP contribution in [0.15, 0.2) is 35.3 Å². The lowest BCUT2D eigenvalue weighted by molar-refractivity contribution is 0.332. The zero-order valence-corrected chi connectivity index (χ0v) is 13.1. The van der Waals surface area contributed by atoms with E-state index in [0.717, 1.165) is 30.1 Å². The first kappa shape index (κ1) is 14.9. The van der Waals surface area contributed by atoms with Crippen LogP contribution in [0.3, 0.4) is 0 Å². The second-order valence-electron chi connectivity index (χ2n) is 6.44. The van der Waals surface area contributed by atoms with Gasteiger partial charge in [0.15, 0.2) is 0 Å². The number of nitrogens with zero attached hydrogens (tertiary/aromatic N) is 1. The third kappa shape index (κ3) is 3.62. The second-order valence-corrected chi connectivity index (χ2v) is 6.44. The predicted molar refractivity (Wildman–Crippen MR) is 90.3 cm³/mol. The lowest BCUT2D eigenvalue weighted by Crippen LogP contribution is -2.14. The Morgan fingerprint density at radius 1 is 1.14 bits per heavy atom. The number of nitrogens with two attached hydrogens (primary N) is 1. The van der Waals surface area contributed by atoms with Gasteiger partial charge in [0.25, 0.3) is 0 Å². The molecule has 0 spiro atoms. The average molecular weight is 299 g/mol. The van der Waals surface area contributed by atoms with Crippen molar-refractivity contribution in [1.29, 1.82) is 0 Å². The van der Waals surface area contributed by atoms with E-state index >= 15 is 0 Å². The molecule has 1 saturated carbocycles. The van der Waals surface area contributed by atoms with Crippen molar-refractivity contribution in [3.05, 3.63) is 46.6 Å². The average Bonchev–Trinajstić information content (AvgIpc) is 2.90. The fraction of sp³-hybridized carbons (Fsp3) is 0.500. The van der Waals surface area contributed by atoms with E-state index in [-0.39, 0.29) is 5.69 Å². The zero-order chi connectivity index (χ0) is 15.4. The van der Waals surface area contributed by atoms with E-state index in [2.05, 4.69) is 4.98 Å². The van der Waals surface area contributed by atoms with Crippen LogP contribution >= 0.6 is 0 Å². The van der Waals surface area contributed by atoms with Gasteiger partial charge in [-0.3, -0.25) is 4.57 Å². The Morgan fingerprint density at radius 2 is 1.86 bits per heavy atom. The van der Waals surface area contributed by atoms with Gasteiger partial charge in [-0.25, -0.2) is 4.79 Å². The Bertz CT molecular complexity index is 648. The molecule has 3 rings (SSSR count). The second kappa shape index (κ2) is 6.86. The van der Waals surface area contributed by atoms with Gasteiger partial charge in [-0.1, -0.05) is 38.5 Å². The summed E-state index contributed by atoms with van der Waals surface area (Å²) in [4.78, 5) is 15.0. The number of hydrogen-bond donors (Lipinski definition) is 2. The number of aromatic nitrogens is 2. The quantitative estimate of drug-likeness (QED) is 0.828. The molecule has 0 aliphatic heterocycles. The van der Waals surface area contributed by atoms with Crippen molar-refractivity contribution in [2.24, 2.45) is 5.92 Å². The minimum Gasteiger partial charge on any atom is -0.399 e. The van der Waals surface area contributed by atoms with E-state index in [1.165, 1.54) is 38.5 Å². The molecular weight excluding hydrogens is 274 g/mol. The lowest BCUT2D eigenvalue weighted by Gasteiger charge is -2.20. The molecule has 1 aliphatic rings. The summed E-state index contributed by atoms with van der Waals surface area (Å²) in [5.74, 6) is 0.902. The fourth-order valence-electron chi connectivity index (χ4n) is 3.46. The highest BCUT2D eigenvalue weighted by Crippen LogP contribution is 2.27. The normalized spacial score (nSPS) is 16.0. The Labute approximate surface area is 131 Å². The van der Waals surface area contributed by atoms with E-state index in [1.807, 2.05) is 30.5 Å². The third-order valence-electron chi connectivity index (χ3n) is 4.73. The summed E-state index contributed by atoms with van der Waals surface area (Å²) in [5, 5.41) is 0. The van der Waals surface area contributed by atoms with Gasteiger partial charge >= 0.3 is 5.69 Å². The number of nitrogens with one attached hydrogen (secondary N) is 1. The summed E-state index contributed by atoms with van der Waals surface area (Å²) >= 11 is 0. The van der Waals surface area contributed by atoms with Crippen LogP contribution < -0.4 is 11.4 Å². The summed E-state index contributed by atoms with van der Waals surface area (Å²) in [5.41, 5.74) is 8.21. The topological polar surface area (TPSA) is 63.8 Å². The van der Waals surface area contributed by atoms with Crippen molar-refractivity contribution in [1.82, 2.24) is 9.55 Å².